The Kier molecular flexibility index (Phi) is 4.81. The maximum atomic E-state index is 12.8. The van der Waals surface area contributed by atoms with Gasteiger partial charge in [0.2, 0.25) is 0 Å². The van der Waals surface area contributed by atoms with Crippen molar-refractivity contribution >= 4 is 49.5 Å². The van der Waals surface area contributed by atoms with E-state index in [1.807, 2.05) is 30.3 Å². The Labute approximate surface area is 165 Å². The first-order valence-corrected chi connectivity index (χ1v) is 10.7. The van der Waals surface area contributed by atoms with Crippen LogP contribution in [0.5, 0.6) is 0 Å². The molecular weight excluding hydrogens is 394 g/mol. The first kappa shape index (κ1) is 18.1. The second-order valence-corrected chi connectivity index (χ2v) is 8.52. The number of anilines is 2. The summed E-state index contributed by atoms with van der Waals surface area (Å²) in [6, 6.07) is 19.0. The van der Waals surface area contributed by atoms with E-state index in [0.717, 1.165) is 22.1 Å². The smallest absolute Gasteiger partial charge is 0.269 e. The number of carbonyl (C=O) groups excluding carboxylic acids is 1. The highest BCUT2D eigenvalue weighted by molar-refractivity contribution is 7.92. The summed E-state index contributed by atoms with van der Waals surface area (Å²) in [5.74, 6) is -0.00187. The van der Waals surface area contributed by atoms with Crippen molar-refractivity contribution < 1.29 is 13.2 Å². The molecule has 4 aromatic rings. The number of rotatable bonds is 5. The number of carbonyl (C=O) groups is 1. The van der Waals surface area contributed by atoms with Gasteiger partial charge in [-0.2, -0.15) is 0 Å². The molecule has 28 heavy (non-hydrogen) atoms. The van der Waals surface area contributed by atoms with Crippen molar-refractivity contribution in [2.24, 2.45) is 0 Å². The predicted molar refractivity (Wildman–Crippen MR) is 111 cm³/mol. The van der Waals surface area contributed by atoms with Gasteiger partial charge in [0.1, 0.15) is 10.7 Å². The molecule has 0 aliphatic rings. The zero-order valence-corrected chi connectivity index (χ0v) is 16.1. The molecule has 0 bridgehead atoms. The number of pyridine rings is 1. The maximum Gasteiger partial charge on any atom is 0.269 e. The van der Waals surface area contributed by atoms with Crippen LogP contribution in [0.2, 0.25) is 0 Å². The fourth-order valence-corrected chi connectivity index (χ4v) is 4.65. The summed E-state index contributed by atoms with van der Waals surface area (Å²) in [6.45, 7) is 0. The van der Waals surface area contributed by atoms with E-state index in [2.05, 4.69) is 15.0 Å². The standard InChI is InChI=1S/C20H15N3O3S2/c24-20(22-19-16-9-5-4-6-14(16)10-12-21-19)18-17(11-13-27-18)23-28(25,26)15-7-2-1-3-8-15/h1-13,23H,(H,21,22,24). The monoisotopic (exact) mass is 409 g/mol. The number of thiophene rings is 1. The molecule has 2 N–H and O–H groups in total. The highest BCUT2D eigenvalue weighted by Gasteiger charge is 2.20. The number of amides is 1. The lowest BCUT2D eigenvalue weighted by molar-refractivity contribution is 0.103. The van der Waals surface area contributed by atoms with Gasteiger partial charge in [0.05, 0.1) is 10.6 Å². The highest BCUT2D eigenvalue weighted by atomic mass is 32.2. The predicted octanol–water partition coefficient (Wildman–Crippen LogP) is 4.35. The summed E-state index contributed by atoms with van der Waals surface area (Å²) in [6.07, 6.45) is 1.62. The summed E-state index contributed by atoms with van der Waals surface area (Å²) >= 11 is 1.15. The summed E-state index contributed by atoms with van der Waals surface area (Å²) in [7, 11) is -3.79. The number of benzene rings is 2. The largest absolute Gasteiger partial charge is 0.305 e. The minimum atomic E-state index is -3.79. The quantitative estimate of drug-likeness (QED) is 0.513. The number of nitrogens with zero attached hydrogens (tertiary/aromatic N) is 1. The molecule has 0 spiro atoms. The van der Waals surface area contributed by atoms with Crippen molar-refractivity contribution in [2.75, 3.05) is 10.0 Å². The molecule has 4 rings (SSSR count). The van der Waals surface area contributed by atoms with Crippen LogP contribution in [-0.4, -0.2) is 19.3 Å². The summed E-state index contributed by atoms with van der Waals surface area (Å²) in [4.78, 5) is 17.4. The van der Waals surface area contributed by atoms with E-state index in [1.165, 1.54) is 12.1 Å². The van der Waals surface area contributed by atoms with Crippen LogP contribution < -0.4 is 10.0 Å². The number of sulfonamides is 1. The molecule has 0 fully saturated rings. The zero-order chi connectivity index (χ0) is 19.6. The molecule has 6 nitrogen and oxygen atoms in total. The van der Waals surface area contributed by atoms with Crippen LogP contribution in [-0.2, 0) is 10.0 Å². The third-order valence-corrected chi connectivity index (χ3v) is 6.37. The Morgan fingerprint density at radius 1 is 0.929 bits per heavy atom. The molecule has 2 heterocycles. The number of aromatic nitrogens is 1. The van der Waals surface area contributed by atoms with E-state index in [4.69, 9.17) is 0 Å². The lowest BCUT2D eigenvalue weighted by Crippen LogP contribution is -2.17. The molecule has 0 unspecified atom stereocenters. The molecule has 2 aromatic heterocycles. The molecule has 0 radical (unpaired) electrons. The first-order chi connectivity index (χ1) is 13.5. The molecule has 0 aliphatic carbocycles. The van der Waals surface area contributed by atoms with Crippen LogP contribution in [0, 0.1) is 0 Å². The molecule has 0 saturated carbocycles. The van der Waals surface area contributed by atoms with Crippen molar-refractivity contribution in [3.05, 3.63) is 83.2 Å². The van der Waals surface area contributed by atoms with Gasteiger partial charge in [0.15, 0.2) is 0 Å². The third-order valence-electron chi connectivity index (χ3n) is 4.07. The zero-order valence-electron chi connectivity index (χ0n) is 14.5. The van der Waals surface area contributed by atoms with Gasteiger partial charge in [-0.05, 0) is 35.0 Å². The average Bonchev–Trinajstić information content (AvgIpc) is 3.16. The molecule has 0 aliphatic heterocycles. The second-order valence-electron chi connectivity index (χ2n) is 5.92. The fraction of sp³-hybridized carbons (Fsp3) is 0. The topological polar surface area (TPSA) is 88.2 Å². The molecule has 0 saturated heterocycles. The average molecular weight is 409 g/mol. The molecule has 2 aromatic carbocycles. The third kappa shape index (κ3) is 3.60. The summed E-state index contributed by atoms with van der Waals surface area (Å²) in [5, 5.41) is 6.19. The van der Waals surface area contributed by atoms with Crippen LogP contribution in [0.3, 0.4) is 0 Å². The van der Waals surface area contributed by atoms with E-state index in [0.29, 0.717) is 5.82 Å². The van der Waals surface area contributed by atoms with Crippen molar-refractivity contribution in [2.45, 2.75) is 4.90 Å². The van der Waals surface area contributed by atoms with Crippen LogP contribution in [0.1, 0.15) is 9.67 Å². The van der Waals surface area contributed by atoms with E-state index in [1.54, 1.807) is 35.8 Å². The van der Waals surface area contributed by atoms with E-state index in [-0.39, 0.29) is 15.5 Å². The van der Waals surface area contributed by atoms with Crippen molar-refractivity contribution in [1.82, 2.24) is 4.98 Å². The van der Waals surface area contributed by atoms with E-state index < -0.39 is 15.9 Å². The molecule has 8 heteroatoms. The lowest BCUT2D eigenvalue weighted by Gasteiger charge is -2.10. The molecular formula is C20H15N3O3S2. The van der Waals surface area contributed by atoms with Crippen LogP contribution in [0.4, 0.5) is 11.5 Å². The lowest BCUT2D eigenvalue weighted by atomic mass is 10.1. The summed E-state index contributed by atoms with van der Waals surface area (Å²) < 4.78 is 27.6. The second kappa shape index (κ2) is 7.41. The minimum absolute atomic E-state index is 0.128. The maximum absolute atomic E-state index is 12.8. The van der Waals surface area contributed by atoms with Gasteiger partial charge in [-0.1, -0.05) is 42.5 Å². The van der Waals surface area contributed by atoms with Crippen LogP contribution >= 0.6 is 11.3 Å². The fourth-order valence-electron chi connectivity index (χ4n) is 2.75. The van der Waals surface area contributed by atoms with Crippen LogP contribution in [0.15, 0.2) is 83.2 Å². The number of hydrogen-bond acceptors (Lipinski definition) is 5. The van der Waals surface area contributed by atoms with Gasteiger partial charge in [-0.25, -0.2) is 13.4 Å². The number of nitrogens with one attached hydrogen (secondary N) is 2. The Morgan fingerprint density at radius 3 is 2.50 bits per heavy atom. The minimum Gasteiger partial charge on any atom is -0.305 e. The van der Waals surface area contributed by atoms with Gasteiger partial charge >= 0.3 is 0 Å². The summed E-state index contributed by atoms with van der Waals surface area (Å²) in [5.41, 5.74) is 0.228. The molecule has 140 valence electrons. The van der Waals surface area contributed by atoms with Crippen molar-refractivity contribution in [3.8, 4) is 0 Å². The first-order valence-electron chi connectivity index (χ1n) is 8.35. The van der Waals surface area contributed by atoms with Gasteiger partial charge in [-0.15, -0.1) is 11.3 Å². The van der Waals surface area contributed by atoms with Gasteiger partial charge in [0.25, 0.3) is 15.9 Å². The van der Waals surface area contributed by atoms with E-state index in [9.17, 15) is 13.2 Å². The van der Waals surface area contributed by atoms with Gasteiger partial charge in [0, 0.05) is 11.6 Å². The normalized spacial score (nSPS) is 11.3. The number of hydrogen-bond donors (Lipinski definition) is 2. The Balaban J connectivity index is 1.61. The Hall–Kier alpha value is -3.23. The molecule has 0 atom stereocenters. The Bertz CT molecular complexity index is 1250. The SMILES string of the molecule is O=C(Nc1nccc2ccccc12)c1sccc1NS(=O)(=O)c1ccccc1. The number of fused-ring (bicyclic) bond motifs is 1. The van der Waals surface area contributed by atoms with E-state index >= 15 is 0 Å². The van der Waals surface area contributed by atoms with Crippen molar-refractivity contribution in [3.63, 3.8) is 0 Å². The van der Waals surface area contributed by atoms with Crippen LogP contribution in [0.25, 0.3) is 10.8 Å². The van der Waals surface area contributed by atoms with Gasteiger partial charge < -0.3 is 5.32 Å². The Morgan fingerprint density at radius 2 is 1.68 bits per heavy atom. The van der Waals surface area contributed by atoms with Gasteiger partial charge in [-0.3, -0.25) is 9.52 Å². The highest BCUT2D eigenvalue weighted by Crippen LogP contribution is 2.27. The molecule has 1 amide bonds. The van der Waals surface area contributed by atoms with Crippen molar-refractivity contribution in [1.29, 1.82) is 0 Å².